The number of aliphatic hydroxyl groups is 1. The molecule has 0 aliphatic carbocycles. The molecule has 0 saturated carbocycles. The first-order valence-corrected chi connectivity index (χ1v) is 9.83. The lowest BCUT2D eigenvalue weighted by Gasteiger charge is -2.25. The first-order chi connectivity index (χ1) is 15.4. The van der Waals surface area contributed by atoms with Crippen LogP contribution in [0, 0.1) is 0 Å². The topological polar surface area (TPSA) is 96.3 Å². The second-order valence-corrected chi connectivity index (χ2v) is 7.20. The van der Waals surface area contributed by atoms with Gasteiger partial charge in [0.2, 0.25) is 0 Å². The first kappa shape index (κ1) is 21.0. The van der Waals surface area contributed by atoms with Crippen molar-refractivity contribution >= 4 is 23.1 Å². The molecule has 1 atom stereocenters. The van der Waals surface area contributed by atoms with Crippen molar-refractivity contribution in [2.75, 3.05) is 19.1 Å². The maximum atomic E-state index is 13.1. The Hall–Kier alpha value is -4.26. The quantitative estimate of drug-likeness (QED) is 0.360. The second-order valence-electron chi connectivity index (χ2n) is 7.20. The summed E-state index contributed by atoms with van der Waals surface area (Å²) in [5, 5.41) is 21.2. The van der Waals surface area contributed by atoms with E-state index in [0.717, 1.165) is 0 Å². The summed E-state index contributed by atoms with van der Waals surface area (Å²) in [5.41, 5.74) is 1.13. The summed E-state index contributed by atoms with van der Waals surface area (Å²) < 4.78 is 10.5. The predicted octanol–water partition coefficient (Wildman–Crippen LogP) is 4.04. The van der Waals surface area contributed by atoms with Crippen LogP contribution in [-0.2, 0) is 9.59 Å². The van der Waals surface area contributed by atoms with Crippen LogP contribution in [-0.4, -0.2) is 36.1 Å². The van der Waals surface area contributed by atoms with Crippen LogP contribution < -0.4 is 14.4 Å². The Bertz CT molecular complexity index is 1230. The monoisotopic (exact) mass is 431 g/mol. The SMILES string of the molecule is COc1cccc(/C(O)=C2\C(=O)C(=O)N(c3cccc(OC)c3)C2c2cccc(O)c2)c1. The Morgan fingerprint density at radius 2 is 1.53 bits per heavy atom. The van der Waals surface area contributed by atoms with Gasteiger partial charge in [0, 0.05) is 17.3 Å². The minimum absolute atomic E-state index is 0.0277. The van der Waals surface area contributed by atoms with Crippen molar-refractivity contribution < 1.29 is 29.3 Å². The van der Waals surface area contributed by atoms with Gasteiger partial charge in [-0.25, -0.2) is 0 Å². The summed E-state index contributed by atoms with van der Waals surface area (Å²) in [6, 6.07) is 18.6. The normalized spacial score (nSPS) is 17.4. The van der Waals surface area contributed by atoms with Crippen molar-refractivity contribution in [3.63, 3.8) is 0 Å². The van der Waals surface area contributed by atoms with E-state index in [1.165, 1.54) is 31.3 Å². The molecule has 2 N–H and O–H groups in total. The average Bonchev–Trinajstić information content (AvgIpc) is 3.09. The highest BCUT2D eigenvalue weighted by Gasteiger charge is 2.47. The Labute approximate surface area is 184 Å². The Balaban J connectivity index is 1.95. The molecule has 1 aliphatic rings. The van der Waals surface area contributed by atoms with E-state index in [2.05, 4.69) is 0 Å². The number of benzene rings is 3. The van der Waals surface area contributed by atoms with Crippen molar-refractivity contribution in [1.29, 1.82) is 0 Å². The third-order valence-electron chi connectivity index (χ3n) is 5.31. The highest BCUT2D eigenvalue weighted by Crippen LogP contribution is 2.43. The van der Waals surface area contributed by atoms with Crippen LogP contribution in [0.15, 0.2) is 78.4 Å². The van der Waals surface area contributed by atoms with Gasteiger partial charge in [-0.2, -0.15) is 0 Å². The molecule has 0 radical (unpaired) electrons. The molecule has 1 saturated heterocycles. The molecule has 162 valence electrons. The van der Waals surface area contributed by atoms with E-state index in [1.807, 2.05) is 0 Å². The molecule has 0 aromatic heterocycles. The summed E-state index contributed by atoms with van der Waals surface area (Å²) in [4.78, 5) is 27.6. The number of ketones is 1. The van der Waals surface area contributed by atoms with Gasteiger partial charge >= 0.3 is 0 Å². The van der Waals surface area contributed by atoms with Crippen molar-refractivity contribution in [3.05, 3.63) is 89.5 Å². The van der Waals surface area contributed by atoms with Crippen LogP contribution in [0.5, 0.6) is 17.2 Å². The number of methoxy groups -OCH3 is 2. The highest BCUT2D eigenvalue weighted by molar-refractivity contribution is 6.51. The van der Waals surface area contributed by atoms with Crippen LogP contribution in [0.2, 0.25) is 0 Å². The molecular formula is C25H21NO6. The lowest BCUT2D eigenvalue weighted by Crippen LogP contribution is -2.29. The van der Waals surface area contributed by atoms with E-state index >= 15 is 0 Å². The van der Waals surface area contributed by atoms with Gasteiger partial charge in [-0.05, 0) is 42.0 Å². The predicted molar refractivity (Wildman–Crippen MR) is 119 cm³/mol. The highest BCUT2D eigenvalue weighted by atomic mass is 16.5. The number of rotatable bonds is 5. The maximum absolute atomic E-state index is 13.1. The third-order valence-corrected chi connectivity index (χ3v) is 5.31. The average molecular weight is 431 g/mol. The molecule has 3 aromatic rings. The summed E-state index contributed by atoms with van der Waals surface area (Å²) in [6.07, 6.45) is 0. The van der Waals surface area contributed by atoms with Crippen molar-refractivity contribution in [2.24, 2.45) is 0 Å². The van der Waals surface area contributed by atoms with Crippen molar-refractivity contribution in [1.82, 2.24) is 0 Å². The van der Waals surface area contributed by atoms with Gasteiger partial charge in [0.15, 0.2) is 0 Å². The lowest BCUT2D eigenvalue weighted by atomic mass is 9.95. The van der Waals surface area contributed by atoms with Crippen LogP contribution in [0.3, 0.4) is 0 Å². The van der Waals surface area contributed by atoms with Crippen molar-refractivity contribution in [2.45, 2.75) is 6.04 Å². The fourth-order valence-electron chi connectivity index (χ4n) is 3.80. The lowest BCUT2D eigenvalue weighted by molar-refractivity contribution is -0.132. The molecule has 1 fully saturated rings. The number of nitrogens with zero attached hydrogens (tertiary/aromatic N) is 1. The molecule has 32 heavy (non-hydrogen) atoms. The van der Waals surface area contributed by atoms with Crippen LogP contribution >= 0.6 is 0 Å². The number of carbonyl (C=O) groups is 2. The van der Waals surface area contributed by atoms with E-state index in [1.54, 1.807) is 60.7 Å². The number of phenols is 1. The number of ether oxygens (including phenoxy) is 2. The molecule has 1 amide bonds. The van der Waals surface area contributed by atoms with E-state index < -0.39 is 17.7 Å². The summed E-state index contributed by atoms with van der Waals surface area (Å²) in [7, 11) is 3.00. The van der Waals surface area contributed by atoms with Crippen LogP contribution in [0.4, 0.5) is 5.69 Å². The van der Waals surface area contributed by atoms with Gasteiger partial charge in [0.1, 0.15) is 23.0 Å². The van der Waals surface area contributed by atoms with Crippen LogP contribution in [0.25, 0.3) is 5.76 Å². The Kier molecular flexibility index (Phi) is 5.55. The molecule has 0 spiro atoms. The summed E-state index contributed by atoms with van der Waals surface area (Å²) in [6.45, 7) is 0. The first-order valence-electron chi connectivity index (χ1n) is 9.83. The molecule has 4 rings (SSSR count). The van der Waals surface area contributed by atoms with Crippen molar-refractivity contribution in [3.8, 4) is 17.2 Å². The van der Waals surface area contributed by atoms with E-state index in [4.69, 9.17) is 9.47 Å². The van der Waals surface area contributed by atoms with Gasteiger partial charge in [-0.15, -0.1) is 0 Å². The molecule has 7 heteroatoms. The summed E-state index contributed by atoms with van der Waals surface area (Å²) >= 11 is 0. The minimum atomic E-state index is -0.958. The van der Waals surface area contributed by atoms with E-state index in [9.17, 15) is 19.8 Å². The zero-order chi connectivity index (χ0) is 22.8. The zero-order valence-electron chi connectivity index (χ0n) is 17.5. The molecular weight excluding hydrogens is 410 g/mol. The largest absolute Gasteiger partial charge is 0.508 e. The number of carbonyl (C=O) groups excluding carboxylic acids is 2. The molecule has 1 heterocycles. The minimum Gasteiger partial charge on any atom is -0.508 e. The molecule has 1 unspecified atom stereocenters. The zero-order valence-corrected chi connectivity index (χ0v) is 17.5. The number of hydrogen-bond donors (Lipinski definition) is 2. The fourth-order valence-corrected chi connectivity index (χ4v) is 3.80. The fraction of sp³-hybridized carbons (Fsp3) is 0.120. The number of aliphatic hydroxyl groups excluding tert-OH is 1. The Morgan fingerprint density at radius 1 is 0.875 bits per heavy atom. The summed E-state index contributed by atoms with van der Waals surface area (Å²) in [5.74, 6) is -0.990. The maximum Gasteiger partial charge on any atom is 0.300 e. The molecule has 3 aromatic carbocycles. The van der Waals surface area contributed by atoms with Crippen LogP contribution in [0.1, 0.15) is 17.2 Å². The number of hydrogen-bond acceptors (Lipinski definition) is 6. The number of Topliss-reactive ketones (excluding diaryl/α,β-unsaturated/α-hetero) is 1. The van der Waals surface area contributed by atoms with E-state index in [-0.39, 0.29) is 17.1 Å². The molecule has 7 nitrogen and oxygen atoms in total. The molecule has 0 bridgehead atoms. The number of aromatic hydroxyl groups is 1. The third kappa shape index (κ3) is 3.65. The smallest absolute Gasteiger partial charge is 0.300 e. The standard InChI is InChI=1S/C25H21NO6/c1-31-19-10-4-7-16(13-19)23(28)21-22(15-6-3-9-18(27)12-15)26(25(30)24(21)29)17-8-5-11-20(14-17)32-2/h3-14,22,27-28H,1-2H3/b23-21+. The van der Waals surface area contributed by atoms with Gasteiger partial charge in [0.25, 0.3) is 11.7 Å². The van der Waals surface area contributed by atoms with Gasteiger partial charge < -0.3 is 19.7 Å². The number of amides is 1. The van der Waals surface area contributed by atoms with E-state index in [0.29, 0.717) is 28.3 Å². The Morgan fingerprint density at radius 3 is 2.22 bits per heavy atom. The molecule has 1 aliphatic heterocycles. The van der Waals surface area contributed by atoms with Gasteiger partial charge in [0.05, 0.1) is 25.8 Å². The number of anilines is 1. The van der Waals surface area contributed by atoms with Gasteiger partial charge in [-0.1, -0.05) is 30.3 Å². The second kappa shape index (κ2) is 8.47. The van der Waals surface area contributed by atoms with Gasteiger partial charge in [-0.3, -0.25) is 14.5 Å². The number of phenolic OH excluding ortho intramolecular Hbond substituents is 1.